The minimum atomic E-state index is -3.57. The molecule has 0 aliphatic heterocycles. The maximum atomic E-state index is 11.2. The molecule has 1 unspecified atom stereocenters. The van der Waals surface area contributed by atoms with E-state index in [1.165, 1.54) is 12.1 Å². The highest BCUT2D eigenvalue weighted by molar-refractivity contribution is 7.86. The van der Waals surface area contributed by atoms with Gasteiger partial charge in [0.25, 0.3) is 10.1 Å². The fraction of sp³-hybridized carbons (Fsp3) is 0.455. The van der Waals surface area contributed by atoms with Crippen LogP contribution in [0.4, 0.5) is 0 Å². The zero-order chi connectivity index (χ0) is 13.9. The van der Waals surface area contributed by atoms with Crippen LogP contribution in [0, 0.1) is 0 Å². The van der Waals surface area contributed by atoms with Gasteiger partial charge >= 0.3 is 0 Å². The van der Waals surface area contributed by atoms with Crippen molar-refractivity contribution in [1.82, 2.24) is 0 Å². The van der Waals surface area contributed by atoms with Crippen molar-refractivity contribution in [3.63, 3.8) is 0 Å². The third-order valence-corrected chi connectivity index (χ3v) is 3.86. The van der Waals surface area contributed by atoms with Gasteiger partial charge in [0.2, 0.25) is 0 Å². The third kappa shape index (κ3) is 4.59. The lowest BCUT2D eigenvalue weighted by Gasteiger charge is -2.18. The molecule has 0 N–H and O–H groups in total. The molecule has 0 fully saturated rings. The zero-order valence-corrected chi connectivity index (χ0v) is 13.0. The maximum Gasteiger partial charge on any atom is 0.264 e. The molecule has 0 bridgehead atoms. The van der Waals surface area contributed by atoms with Gasteiger partial charge in [-0.15, -0.1) is 0 Å². The minimum Gasteiger partial charge on any atom is -0.262 e. The molecule has 18 heavy (non-hydrogen) atoms. The molecule has 0 saturated carbocycles. The van der Waals surface area contributed by atoms with Crippen LogP contribution in [0.1, 0.15) is 31.4 Å². The Morgan fingerprint density at radius 3 is 2.22 bits per heavy atom. The summed E-state index contributed by atoms with van der Waals surface area (Å²) >= 11 is 17.8. The highest BCUT2D eigenvalue weighted by atomic mass is 35.5. The fourth-order valence-electron chi connectivity index (χ4n) is 1.51. The summed E-state index contributed by atoms with van der Waals surface area (Å²) in [4.78, 5) is 0. The molecule has 0 spiro atoms. The summed E-state index contributed by atoms with van der Waals surface area (Å²) in [5.74, 6) is 0. The average Bonchev–Trinajstić information content (AvgIpc) is 2.21. The predicted octanol–water partition coefficient (Wildman–Crippen LogP) is 4.46. The summed E-state index contributed by atoms with van der Waals surface area (Å²) in [6, 6.07) is 3.02. The van der Waals surface area contributed by atoms with Crippen LogP contribution in [0.25, 0.3) is 0 Å². The summed E-state index contributed by atoms with van der Waals surface area (Å²) < 4.78 is 27.5. The van der Waals surface area contributed by atoms with E-state index < -0.39 is 16.2 Å². The Morgan fingerprint density at radius 2 is 1.72 bits per heavy atom. The Morgan fingerprint density at radius 1 is 1.17 bits per heavy atom. The van der Waals surface area contributed by atoms with Crippen molar-refractivity contribution < 1.29 is 12.6 Å². The minimum absolute atomic E-state index is 0.314. The quantitative estimate of drug-likeness (QED) is 0.591. The van der Waals surface area contributed by atoms with E-state index >= 15 is 0 Å². The molecule has 7 heteroatoms. The molecule has 0 saturated heterocycles. The SMILES string of the molecule is CCCC(OS(C)(=O)=O)c1cc(Cl)c(Cl)cc1Cl. The van der Waals surface area contributed by atoms with Crippen LogP contribution in [-0.2, 0) is 14.3 Å². The lowest BCUT2D eigenvalue weighted by Crippen LogP contribution is -2.11. The van der Waals surface area contributed by atoms with Crippen molar-refractivity contribution in [1.29, 1.82) is 0 Å². The smallest absolute Gasteiger partial charge is 0.262 e. The second-order valence-corrected chi connectivity index (χ2v) is 6.69. The largest absolute Gasteiger partial charge is 0.264 e. The number of hydrogen-bond donors (Lipinski definition) is 0. The molecule has 0 amide bonds. The van der Waals surface area contributed by atoms with Crippen molar-refractivity contribution in [3.05, 3.63) is 32.8 Å². The van der Waals surface area contributed by atoms with E-state index in [0.717, 1.165) is 12.7 Å². The Balaban J connectivity index is 3.17. The summed E-state index contributed by atoms with van der Waals surface area (Å²) in [6.07, 6.45) is 1.62. The van der Waals surface area contributed by atoms with Crippen LogP contribution >= 0.6 is 34.8 Å². The van der Waals surface area contributed by atoms with Crippen molar-refractivity contribution in [2.75, 3.05) is 6.26 Å². The molecule has 3 nitrogen and oxygen atoms in total. The molecule has 1 rings (SSSR count). The second kappa shape index (κ2) is 6.44. The van der Waals surface area contributed by atoms with Crippen molar-refractivity contribution in [3.8, 4) is 0 Å². The van der Waals surface area contributed by atoms with Crippen LogP contribution in [0.5, 0.6) is 0 Å². The predicted molar refractivity (Wildman–Crippen MR) is 75.0 cm³/mol. The van der Waals surface area contributed by atoms with Gasteiger partial charge < -0.3 is 0 Å². The Hall–Kier alpha value is -0.000000000000000111. The van der Waals surface area contributed by atoms with E-state index in [9.17, 15) is 8.42 Å². The van der Waals surface area contributed by atoms with E-state index in [0.29, 0.717) is 27.1 Å². The molecular weight excluding hydrogens is 319 g/mol. The third-order valence-electron chi connectivity index (χ3n) is 2.23. The summed E-state index contributed by atoms with van der Waals surface area (Å²) in [7, 11) is -3.57. The van der Waals surface area contributed by atoms with Gasteiger partial charge in [-0.05, 0) is 18.6 Å². The molecule has 1 atom stereocenters. The van der Waals surface area contributed by atoms with Gasteiger partial charge in [0.15, 0.2) is 0 Å². The van der Waals surface area contributed by atoms with Gasteiger partial charge in [-0.25, -0.2) is 0 Å². The number of halogens is 3. The van der Waals surface area contributed by atoms with Gasteiger partial charge in [-0.3, -0.25) is 4.18 Å². The van der Waals surface area contributed by atoms with Crippen LogP contribution in [0.2, 0.25) is 15.1 Å². The van der Waals surface area contributed by atoms with Gasteiger partial charge in [-0.1, -0.05) is 48.1 Å². The first-order valence-electron chi connectivity index (χ1n) is 5.27. The maximum absolute atomic E-state index is 11.2. The lowest BCUT2D eigenvalue weighted by atomic mass is 10.1. The molecule has 0 aliphatic rings. The van der Waals surface area contributed by atoms with Gasteiger partial charge in [0, 0.05) is 10.6 Å². The summed E-state index contributed by atoms with van der Waals surface area (Å²) in [6.45, 7) is 1.92. The van der Waals surface area contributed by atoms with E-state index in [1.54, 1.807) is 0 Å². The van der Waals surface area contributed by atoms with Gasteiger partial charge in [0.1, 0.15) is 6.10 Å². The molecule has 0 aliphatic carbocycles. The summed E-state index contributed by atoms with van der Waals surface area (Å²) in [5.41, 5.74) is 0.526. The Bertz CT molecular complexity index is 529. The van der Waals surface area contributed by atoms with E-state index in [2.05, 4.69) is 0 Å². The number of benzene rings is 1. The number of hydrogen-bond acceptors (Lipinski definition) is 3. The molecular formula is C11H13Cl3O3S. The van der Waals surface area contributed by atoms with E-state index in [-0.39, 0.29) is 0 Å². The molecule has 102 valence electrons. The second-order valence-electron chi connectivity index (χ2n) is 3.87. The molecule has 1 aromatic rings. The standard InChI is InChI=1S/C11H13Cl3O3S/c1-3-4-11(17-18(2,15)16)7-5-9(13)10(14)6-8(7)12/h5-6,11H,3-4H2,1-2H3. The first-order valence-corrected chi connectivity index (χ1v) is 8.22. The Labute approximate surface area is 122 Å². The van der Waals surface area contributed by atoms with E-state index in [1.807, 2.05) is 6.92 Å². The molecule has 0 heterocycles. The first kappa shape index (κ1) is 16.1. The normalized spacial score (nSPS) is 13.6. The lowest BCUT2D eigenvalue weighted by molar-refractivity contribution is 0.204. The highest BCUT2D eigenvalue weighted by Gasteiger charge is 2.21. The van der Waals surface area contributed by atoms with Crippen LogP contribution in [-0.4, -0.2) is 14.7 Å². The van der Waals surface area contributed by atoms with Gasteiger partial charge in [0.05, 0.1) is 16.3 Å². The van der Waals surface area contributed by atoms with E-state index in [4.69, 9.17) is 39.0 Å². The summed E-state index contributed by atoms with van der Waals surface area (Å²) in [5, 5.41) is 0.973. The van der Waals surface area contributed by atoms with Crippen LogP contribution in [0.3, 0.4) is 0 Å². The van der Waals surface area contributed by atoms with Crippen molar-refractivity contribution in [2.45, 2.75) is 25.9 Å². The highest BCUT2D eigenvalue weighted by Crippen LogP contribution is 2.36. The van der Waals surface area contributed by atoms with Crippen LogP contribution in [0.15, 0.2) is 12.1 Å². The molecule has 0 aromatic heterocycles. The fourth-order valence-corrected chi connectivity index (χ4v) is 2.81. The molecule has 0 radical (unpaired) electrons. The van der Waals surface area contributed by atoms with Crippen molar-refractivity contribution >= 4 is 44.9 Å². The zero-order valence-electron chi connectivity index (χ0n) is 9.91. The number of rotatable bonds is 5. The topological polar surface area (TPSA) is 43.4 Å². The molecule has 1 aromatic carbocycles. The Kier molecular flexibility index (Phi) is 5.74. The van der Waals surface area contributed by atoms with Crippen molar-refractivity contribution in [2.24, 2.45) is 0 Å². The average molecular weight is 332 g/mol. The van der Waals surface area contributed by atoms with Gasteiger partial charge in [-0.2, -0.15) is 8.42 Å². The van der Waals surface area contributed by atoms with Crippen LogP contribution < -0.4 is 0 Å². The first-order chi connectivity index (χ1) is 8.24. The monoisotopic (exact) mass is 330 g/mol.